The molecule has 0 aromatic heterocycles. The summed E-state index contributed by atoms with van der Waals surface area (Å²) in [6.07, 6.45) is 5.70. The van der Waals surface area contributed by atoms with E-state index in [2.05, 4.69) is 10.6 Å². The van der Waals surface area contributed by atoms with Gasteiger partial charge in [-0.2, -0.15) is 0 Å². The Labute approximate surface area is 136 Å². The van der Waals surface area contributed by atoms with Crippen LogP contribution in [0.25, 0.3) is 0 Å². The van der Waals surface area contributed by atoms with E-state index in [1.54, 1.807) is 13.8 Å². The lowest BCUT2D eigenvalue weighted by Gasteiger charge is -2.10. The van der Waals surface area contributed by atoms with E-state index in [4.69, 9.17) is 9.47 Å². The summed E-state index contributed by atoms with van der Waals surface area (Å²) in [7, 11) is 0. The van der Waals surface area contributed by atoms with Crippen LogP contribution in [0, 0.1) is 6.92 Å². The zero-order chi connectivity index (χ0) is 17.1. The van der Waals surface area contributed by atoms with Gasteiger partial charge in [-0.3, -0.25) is 0 Å². The molecule has 0 unspecified atom stereocenters. The summed E-state index contributed by atoms with van der Waals surface area (Å²) in [5, 5.41) is 6.05. The quantitative estimate of drug-likeness (QED) is 0.567. The van der Waals surface area contributed by atoms with Gasteiger partial charge in [0.2, 0.25) is 0 Å². The highest BCUT2D eigenvalue weighted by Gasteiger charge is 2.02. The number of carbonyl (C=O) groups is 2. The second kappa shape index (κ2) is 10.0. The zero-order valence-electron chi connectivity index (χ0n) is 13.6. The summed E-state index contributed by atoms with van der Waals surface area (Å²) in [5.41, 5.74) is 2.61. The first-order valence-corrected chi connectivity index (χ1v) is 7.37. The minimum Gasteiger partial charge on any atom is -0.463 e. The number of nitrogens with one attached hydrogen (secondary N) is 2. The van der Waals surface area contributed by atoms with Gasteiger partial charge in [-0.05, 0) is 38.5 Å². The highest BCUT2D eigenvalue weighted by atomic mass is 16.5. The van der Waals surface area contributed by atoms with E-state index >= 15 is 0 Å². The van der Waals surface area contributed by atoms with Gasteiger partial charge in [0.25, 0.3) is 0 Å². The fourth-order valence-corrected chi connectivity index (χ4v) is 1.73. The summed E-state index contributed by atoms with van der Waals surface area (Å²) in [6, 6.07) is 5.62. The summed E-state index contributed by atoms with van der Waals surface area (Å²) >= 11 is 0. The Morgan fingerprint density at radius 1 is 0.957 bits per heavy atom. The SMILES string of the molecule is CCOC(=O)/C=C/Nc1cccc(N/C=C/C(=O)OCC)c1C. The van der Waals surface area contributed by atoms with Crippen LogP contribution in [0.15, 0.2) is 42.8 Å². The maximum absolute atomic E-state index is 11.2. The predicted octanol–water partition coefficient (Wildman–Crippen LogP) is 2.97. The first-order chi connectivity index (χ1) is 11.1. The van der Waals surface area contributed by atoms with Crippen molar-refractivity contribution in [3.8, 4) is 0 Å². The molecule has 0 heterocycles. The fourth-order valence-electron chi connectivity index (χ4n) is 1.73. The predicted molar refractivity (Wildman–Crippen MR) is 90.0 cm³/mol. The van der Waals surface area contributed by atoms with E-state index in [0.717, 1.165) is 16.9 Å². The Bertz CT molecular complexity index is 546. The Morgan fingerprint density at radius 2 is 1.39 bits per heavy atom. The van der Waals surface area contributed by atoms with Crippen molar-refractivity contribution >= 4 is 23.3 Å². The van der Waals surface area contributed by atoms with Crippen LogP contribution < -0.4 is 10.6 Å². The molecule has 0 aliphatic rings. The largest absolute Gasteiger partial charge is 0.463 e. The molecule has 0 bridgehead atoms. The monoisotopic (exact) mass is 318 g/mol. The zero-order valence-corrected chi connectivity index (χ0v) is 13.6. The van der Waals surface area contributed by atoms with Crippen LogP contribution in [0.5, 0.6) is 0 Å². The molecule has 0 amide bonds. The maximum Gasteiger partial charge on any atom is 0.332 e. The van der Waals surface area contributed by atoms with Crippen LogP contribution >= 0.6 is 0 Å². The number of hydrogen-bond acceptors (Lipinski definition) is 6. The van der Waals surface area contributed by atoms with E-state index < -0.39 is 11.9 Å². The highest BCUT2D eigenvalue weighted by Crippen LogP contribution is 2.23. The first kappa shape index (κ1) is 18.3. The lowest BCUT2D eigenvalue weighted by atomic mass is 10.1. The third-order valence-electron chi connectivity index (χ3n) is 2.82. The van der Waals surface area contributed by atoms with Gasteiger partial charge in [0, 0.05) is 35.9 Å². The minimum absolute atomic E-state index is 0.342. The number of esters is 2. The molecule has 0 spiro atoms. The fraction of sp³-hybridized carbons (Fsp3) is 0.294. The van der Waals surface area contributed by atoms with Crippen LogP contribution in [0.3, 0.4) is 0 Å². The molecular weight excluding hydrogens is 296 g/mol. The molecule has 1 aromatic carbocycles. The molecule has 0 saturated heterocycles. The molecule has 1 rings (SSSR count). The Morgan fingerprint density at radius 3 is 1.78 bits per heavy atom. The molecular formula is C17H22N2O4. The van der Waals surface area contributed by atoms with Crippen LogP contribution in [0.1, 0.15) is 19.4 Å². The summed E-state index contributed by atoms with van der Waals surface area (Å²) in [6.45, 7) is 6.11. The second-order valence-corrected chi connectivity index (χ2v) is 4.44. The second-order valence-electron chi connectivity index (χ2n) is 4.44. The third kappa shape index (κ3) is 6.69. The Hall–Kier alpha value is -2.76. The average molecular weight is 318 g/mol. The Kier molecular flexibility index (Phi) is 7.99. The van der Waals surface area contributed by atoms with Gasteiger partial charge >= 0.3 is 11.9 Å². The highest BCUT2D eigenvalue weighted by molar-refractivity contribution is 5.83. The van der Waals surface area contributed by atoms with Crippen LogP contribution in [-0.2, 0) is 19.1 Å². The standard InChI is InChI=1S/C17H22N2O4/c1-4-22-16(20)9-11-18-14-7-6-8-15(13(14)3)19-12-10-17(21)23-5-2/h6-12,18-19H,4-5H2,1-3H3/b11-9+,12-10+. The van der Waals surface area contributed by atoms with Crippen molar-refractivity contribution in [3.63, 3.8) is 0 Å². The van der Waals surface area contributed by atoms with Gasteiger partial charge < -0.3 is 20.1 Å². The van der Waals surface area contributed by atoms with Gasteiger partial charge in [0.05, 0.1) is 13.2 Å². The number of benzene rings is 1. The van der Waals surface area contributed by atoms with Gasteiger partial charge in [-0.25, -0.2) is 9.59 Å². The topological polar surface area (TPSA) is 76.7 Å². The molecule has 0 radical (unpaired) electrons. The third-order valence-corrected chi connectivity index (χ3v) is 2.82. The van der Waals surface area contributed by atoms with Crippen LogP contribution in [0.4, 0.5) is 11.4 Å². The van der Waals surface area contributed by atoms with Crippen molar-refractivity contribution < 1.29 is 19.1 Å². The minimum atomic E-state index is -0.399. The van der Waals surface area contributed by atoms with E-state index in [1.807, 2.05) is 25.1 Å². The van der Waals surface area contributed by atoms with E-state index in [-0.39, 0.29) is 0 Å². The summed E-state index contributed by atoms with van der Waals surface area (Å²) in [4.78, 5) is 22.5. The van der Waals surface area contributed by atoms with Gasteiger partial charge in [0.15, 0.2) is 0 Å². The smallest absolute Gasteiger partial charge is 0.332 e. The summed E-state index contributed by atoms with van der Waals surface area (Å²) in [5.74, 6) is -0.798. The molecule has 6 heteroatoms. The van der Waals surface area contributed by atoms with Crippen molar-refractivity contribution in [3.05, 3.63) is 48.3 Å². The summed E-state index contributed by atoms with van der Waals surface area (Å²) < 4.78 is 9.60. The van der Waals surface area contributed by atoms with Gasteiger partial charge in [-0.15, -0.1) is 0 Å². The molecule has 0 aliphatic heterocycles. The van der Waals surface area contributed by atoms with Crippen molar-refractivity contribution in [2.75, 3.05) is 23.8 Å². The van der Waals surface area contributed by atoms with Gasteiger partial charge in [-0.1, -0.05) is 6.07 Å². The molecule has 0 fully saturated rings. The molecule has 0 atom stereocenters. The number of anilines is 2. The van der Waals surface area contributed by atoms with Crippen LogP contribution in [-0.4, -0.2) is 25.2 Å². The average Bonchev–Trinajstić information content (AvgIpc) is 2.51. The molecule has 0 saturated carbocycles. The maximum atomic E-state index is 11.2. The van der Waals surface area contributed by atoms with Crippen molar-refractivity contribution in [2.24, 2.45) is 0 Å². The van der Waals surface area contributed by atoms with E-state index in [0.29, 0.717) is 13.2 Å². The van der Waals surface area contributed by atoms with Crippen molar-refractivity contribution in [1.82, 2.24) is 0 Å². The van der Waals surface area contributed by atoms with E-state index in [1.165, 1.54) is 24.6 Å². The first-order valence-electron chi connectivity index (χ1n) is 7.37. The molecule has 2 N–H and O–H groups in total. The number of hydrogen-bond donors (Lipinski definition) is 2. The van der Waals surface area contributed by atoms with E-state index in [9.17, 15) is 9.59 Å². The van der Waals surface area contributed by atoms with Gasteiger partial charge in [0.1, 0.15) is 0 Å². The van der Waals surface area contributed by atoms with Crippen molar-refractivity contribution in [2.45, 2.75) is 20.8 Å². The molecule has 124 valence electrons. The lowest BCUT2D eigenvalue weighted by Crippen LogP contribution is -2.02. The number of carbonyl (C=O) groups excluding carboxylic acids is 2. The molecule has 1 aromatic rings. The molecule has 6 nitrogen and oxygen atoms in total. The Balaban J connectivity index is 2.67. The molecule has 0 aliphatic carbocycles. The van der Waals surface area contributed by atoms with Crippen LogP contribution in [0.2, 0.25) is 0 Å². The molecule has 23 heavy (non-hydrogen) atoms. The van der Waals surface area contributed by atoms with Crippen molar-refractivity contribution in [1.29, 1.82) is 0 Å². The normalized spacial score (nSPS) is 10.7. The number of ether oxygens (including phenoxy) is 2. The number of rotatable bonds is 8. The lowest BCUT2D eigenvalue weighted by molar-refractivity contribution is -0.138.